The number of guanidine groups is 1. The number of hydrogen-bond acceptors (Lipinski definition) is 2. The molecular formula is C17H36N4. The van der Waals surface area contributed by atoms with E-state index in [-0.39, 0.29) is 0 Å². The molecule has 1 heterocycles. The van der Waals surface area contributed by atoms with Gasteiger partial charge in [-0.1, -0.05) is 27.7 Å². The fraction of sp³-hybridized carbons (Fsp3) is 0.941. The lowest BCUT2D eigenvalue weighted by Gasteiger charge is -2.34. The zero-order chi connectivity index (χ0) is 15.8. The van der Waals surface area contributed by atoms with Gasteiger partial charge in [-0.2, -0.15) is 0 Å². The van der Waals surface area contributed by atoms with Crippen LogP contribution in [0, 0.1) is 17.8 Å². The quantitative estimate of drug-likeness (QED) is 0.584. The molecule has 2 N–H and O–H groups in total. The summed E-state index contributed by atoms with van der Waals surface area (Å²) in [7, 11) is 1.86. The zero-order valence-corrected chi connectivity index (χ0v) is 14.9. The molecule has 0 amide bonds. The van der Waals surface area contributed by atoms with Gasteiger partial charge in [0.05, 0.1) is 0 Å². The summed E-state index contributed by atoms with van der Waals surface area (Å²) in [5, 5.41) is 6.99. The molecule has 0 aromatic heterocycles. The minimum atomic E-state index is 0.444. The zero-order valence-electron chi connectivity index (χ0n) is 14.9. The fourth-order valence-corrected chi connectivity index (χ4v) is 2.82. The minimum absolute atomic E-state index is 0.444. The van der Waals surface area contributed by atoms with Gasteiger partial charge >= 0.3 is 0 Å². The normalized spacial score (nSPS) is 22.7. The van der Waals surface area contributed by atoms with Crippen LogP contribution < -0.4 is 10.6 Å². The van der Waals surface area contributed by atoms with Crippen molar-refractivity contribution >= 4 is 5.96 Å². The molecular weight excluding hydrogens is 260 g/mol. The van der Waals surface area contributed by atoms with Crippen molar-refractivity contribution in [3.63, 3.8) is 0 Å². The summed E-state index contributed by atoms with van der Waals surface area (Å²) in [6.45, 7) is 16.0. The number of rotatable bonds is 6. The van der Waals surface area contributed by atoms with E-state index < -0.39 is 0 Å². The molecule has 1 saturated heterocycles. The van der Waals surface area contributed by atoms with Crippen LogP contribution in [0.15, 0.2) is 4.99 Å². The molecule has 0 bridgehead atoms. The van der Waals surface area contributed by atoms with Crippen molar-refractivity contribution in [2.45, 2.75) is 53.5 Å². The maximum Gasteiger partial charge on any atom is 0.191 e. The lowest BCUT2D eigenvalue weighted by molar-refractivity contribution is 0.159. The molecule has 2 atom stereocenters. The molecule has 124 valence electrons. The highest BCUT2D eigenvalue weighted by molar-refractivity contribution is 5.79. The Balaban J connectivity index is 2.35. The summed E-state index contributed by atoms with van der Waals surface area (Å²) >= 11 is 0. The standard InChI is InChI=1S/C17H36N4/c1-13(2)11-21-9-7-8-16(12-21)10-19-17(18-6)20-15(5)14(3)4/h13-16H,7-12H2,1-6H3,(H2,18,19,20). The maximum atomic E-state index is 4.34. The topological polar surface area (TPSA) is 39.7 Å². The van der Waals surface area contributed by atoms with Gasteiger partial charge < -0.3 is 15.5 Å². The van der Waals surface area contributed by atoms with E-state index in [1.54, 1.807) is 0 Å². The number of piperidine rings is 1. The third-order valence-corrected chi connectivity index (χ3v) is 4.37. The van der Waals surface area contributed by atoms with Gasteiger partial charge in [-0.15, -0.1) is 0 Å². The number of nitrogens with one attached hydrogen (secondary N) is 2. The second-order valence-corrected chi connectivity index (χ2v) is 7.29. The fourth-order valence-electron chi connectivity index (χ4n) is 2.82. The smallest absolute Gasteiger partial charge is 0.191 e. The van der Waals surface area contributed by atoms with Crippen LogP contribution in [0.3, 0.4) is 0 Å². The molecule has 21 heavy (non-hydrogen) atoms. The monoisotopic (exact) mass is 296 g/mol. The van der Waals surface area contributed by atoms with Gasteiger partial charge in [0.1, 0.15) is 0 Å². The predicted octanol–water partition coefficient (Wildman–Crippen LogP) is 2.56. The third-order valence-electron chi connectivity index (χ3n) is 4.37. The van der Waals surface area contributed by atoms with Gasteiger partial charge in [0, 0.05) is 32.7 Å². The van der Waals surface area contributed by atoms with Crippen LogP contribution in [0.4, 0.5) is 0 Å². The summed E-state index contributed by atoms with van der Waals surface area (Å²) in [4.78, 5) is 6.96. The van der Waals surface area contributed by atoms with Crippen LogP contribution in [-0.4, -0.2) is 50.1 Å². The second kappa shape index (κ2) is 9.29. The lowest BCUT2D eigenvalue weighted by atomic mass is 9.97. The Morgan fingerprint density at radius 1 is 1.24 bits per heavy atom. The molecule has 0 radical (unpaired) electrons. The Hall–Kier alpha value is -0.770. The average molecular weight is 297 g/mol. The van der Waals surface area contributed by atoms with Crippen LogP contribution in [0.2, 0.25) is 0 Å². The number of aliphatic imine (C=N–C) groups is 1. The molecule has 0 aromatic carbocycles. The molecule has 0 aliphatic carbocycles. The first kappa shape index (κ1) is 18.3. The lowest BCUT2D eigenvalue weighted by Crippen LogP contribution is -2.48. The van der Waals surface area contributed by atoms with E-state index in [9.17, 15) is 0 Å². The van der Waals surface area contributed by atoms with E-state index >= 15 is 0 Å². The largest absolute Gasteiger partial charge is 0.356 e. The van der Waals surface area contributed by atoms with E-state index in [1.807, 2.05) is 7.05 Å². The van der Waals surface area contributed by atoms with Gasteiger partial charge in [0.2, 0.25) is 0 Å². The summed E-state index contributed by atoms with van der Waals surface area (Å²) < 4.78 is 0. The van der Waals surface area contributed by atoms with Crippen LogP contribution in [0.5, 0.6) is 0 Å². The molecule has 4 nitrogen and oxygen atoms in total. The summed E-state index contributed by atoms with van der Waals surface area (Å²) in [5.74, 6) is 3.06. The van der Waals surface area contributed by atoms with Crippen LogP contribution in [0.1, 0.15) is 47.5 Å². The van der Waals surface area contributed by atoms with E-state index in [0.717, 1.165) is 24.3 Å². The summed E-state index contributed by atoms with van der Waals surface area (Å²) in [6.07, 6.45) is 2.66. The Kier molecular flexibility index (Phi) is 8.09. The molecule has 1 aliphatic heterocycles. The van der Waals surface area contributed by atoms with Gasteiger partial charge in [0.25, 0.3) is 0 Å². The van der Waals surface area contributed by atoms with E-state index in [2.05, 4.69) is 55.1 Å². The summed E-state index contributed by atoms with van der Waals surface area (Å²) in [6, 6.07) is 0.444. The van der Waals surface area contributed by atoms with Gasteiger partial charge in [0.15, 0.2) is 5.96 Å². The third kappa shape index (κ3) is 7.16. The molecule has 1 fully saturated rings. The minimum Gasteiger partial charge on any atom is -0.356 e. The average Bonchev–Trinajstić information content (AvgIpc) is 2.42. The van der Waals surface area contributed by atoms with Crippen molar-refractivity contribution in [1.82, 2.24) is 15.5 Å². The second-order valence-electron chi connectivity index (χ2n) is 7.29. The van der Waals surface area contributed by atoms with Crippen LogP contribution in [-0.2, 0) is 0 Å². The van der Waals surface area contributed by atoms with E-state index in [4.69, 9.17) is 0 Å². The van der Waals surface area contributed by atoms with Crippen molar-refractivity contribution < 1.29 is 0 Å². The Morgan fingerprint density at radius 3 is 2.52 bits per heavy atom. The van der Waals surface area contributed by atoms with E-state index in [1.165, 1.54) is 32.5 Å². The summed E-state index contributed by atoms with van der Waals surface area (Å²) in [5.41, 5.74) is 0. The predicted molar refractivity (Wildman–Crippen MR) is 92.8 cm³/mol. The Labute approximate surface area is 131 Å². The van der Waals surface area contributed by atoms with Crippen molar-refractivity contribution in [3.8, 4) is 0 Å². The molecule has 1 rings (SSSR count). The molecule has 0 aromatic rings. The highest BCUT2D eigenvalue weighted by atomic mass is 15.2. The van der Waals surface area contributed by atoms with Crippen LogP contribution in [0.25, 0.3) is 0 Å². The SMILES string of the molecule is CN=C(NCC1CCCN(CC(C)C)C1)NC(C)C(C)C. The Bertz CT molecular complexity index is 312. The molecule has 0 spiro atoms. The van der Waals surface area contributed by atoms with E-state index in [0.29, 0.717) is 12.0 Å². The first-order valence-corrected chi connectivity index (χ1v) is 8.61. The highest BCUT2D eigenvalue weighted by Crippen LogP contribution is 2.16. The highest BCUT2D eigenvalue weighted by Gasteiger charge is 2.20. The van der Waals surface area contributed by atoms with Gasteiger partial charge in [-0.3, -0.25) is 4.99 Å². The Morgan fingerprint density at radius 2 is 1.95 bits per heavy atom. The van der Waals surface area contributed by atoms with Crippen molar-refractivity contribution in [2.24, 2.45) is 22.7 Å². The van der Waals surface area contributed by atoms with Crippen molar-refractivity contribution in [2.75, 3.05) is 33.2 Å². The number of likely N-dealkylation sites (tertiary alicyclic amines) is 1. The van der Waals surface area contributed by atoms with Gasteiger partial charge in [-0.05, 0) is 44.1 Å². The molecule has 4 heteroatoms. The number of nitrogens with zero attached hydrogens (tertiary/aromatic N) is 2. The maximum absolute atomic E-state index is 4.34. The first-order valence-electron chi connectivity index (χ1n) is 8.61. The molecule has 2 unspecified atom stereocenters. The molecule has 0 saturated carbocycles. The van der Waals surface area contributed by atoms with Crippen molar-refractivity contribution in [1.29, 1.82) is 0 Å². The van der Waals surface area contributed by atoms with Gasteiger partial charge in [-0.25, -0.2) is 0 Å². The number of hydrogen-bond donors (Lipinski definition) is 2. The van der Waals surface area contributed by atoms with Crippen LogP contribution >= 0.6 is 0 Å². The van der Waals surface area contributed by atoms with Crippen molar-refractivity contribution in [3.05, 3.63) is 0 Å². The molecule has 1 aliphatic rings. The first-order chi connectivity index (χ1) is 9.92.